The van der Waals surface area contributed by atoms with Crippen molar-refractivity contribution in [2.24, 2.45) is 0 Å². The Morgan fingerprint density at radius 2 is 2.00 bits per heavy atom. The fourth-order valence-electron chi connectivity index (χ4n) is 2.68. The first-order valence-electron chi connectivity index (χ1n) is 8.47. The average Bonchev–Trinajstić information content (AvgIpc) is 3.33. The van der Waals surface area contributed by atoms with Crippen LogP contribution in [0.5, 0.6) is 5.75 Å². The van der Waals surface area contributed by atoms with Crippen LogP contribution in [-0.2, 0) is 0 Å². The lowest BCUT2D eigenvalue weighted by molar-refractivity contribution is 0.415. The number of benzene rings is 1. The average molecular weight is 377 g/mol. The summed E-state index contributed by atoms with van der Waals surface area (Å²) >= 11 is 1.56. The summed E-state index contributed by atoms with van der Waals surface area (Å²) in [6.07, 6.45) is 5.54. The van der Waals surface area contributed by atoms with Crippen molar-refractivity contribution in [1.29, 1.82) is 0 Å². The summed E-state index contributed by atoms with van der Waals surface area (Å²) in [5.41, 5.74) is 4.95. The van der Waals surface area contributed by atoms with Gasteiger partial charge < -0.3 is 10.1 Å². The minimum Gasteiger partial charge on any atom is -0.497 e. The zero-order valence-electron chi connectivity index (χ0n) is 15.3. The molecule has 3 aromatic heterocycles. The summed E-state index contributed by atoms with van der Waals surface area (Å²) in [4.78, 5) is 13.4. The molecule has 0 bridgehead atoms. The molecule has 3 heterocycles. The third-order valence-corrected chi connectivity index (χ3v) is 4.97. The number of aromatic nitrogens is 4. The van der Waals surface area contributed by atoms with Gasteiger partial charge in [-0.3, -0.25) is 4.57 Å². The second-order valence-electron chi connectivity index (χ2n) is 6.17. The molecule has 0 aliphatic carbocycles. The van der Waals surface area contributed by atoms with Crippen LogP contribution in [0.3, 0.4) is 0 Å². The lowest BCUT2D eigenvalue weighted by Crippen LogP contribution is -1.95. The number of rotatable bonds is 5. The lowest BCUT2D eigenvalue weighted by Gasteiger charge is -2.08. The fourth-order valence-corrected chi connectivity index (χ4v) is 3.41. The van der Waals surface area contributed by atoms with E-state index in [1.165, 1.54) is 0 Å². The molecule has 0 spiro atoms. The summed E-state index contributed by atoms with van der Waals surface area (Å²) in [6, 6.07) is 9.93. The minimum atomic E-state index is 0.814. The van der Waals surface area contributed by atoms with Crippen LogP contribution in [0.25, 0.3) is 17.1 Å². The highest BCUT2D eigenvalue weighted by atomic mass is 32.1. The van der Waals surface area contributed by atoms with Crippen molar-refractivity contribution in [3.63, 3.8) is 0 Å². The SMILES string of the molecule is COc1ccc(C)c(Nc2nc(-c3ccc(-n4cnc(C)c4)nc3)cs2)c1. The van der Waals surface area contributed by atoms with Gasteiger partial charge in [0.25, 0.3) is 0 Å². The Kier molecular flexibility index (Phi) is 4.60. The molecule has 1 aromatic carbocycles. The molecule has 0 amide bonds. The van der Waals surface area contributed by atoms with E-state index in [4.69, 9.17) is 4.74 Å². The molecule has 4 rings (SSSR count). The molecule has 0 saturated heterocycles. The van der Waals surface area contributed by atoms with E-state index in [0.717, 1.165) is 44.9 Å². The second-order valence-corrected chi connectivity index (χ2v) is 7.03. The van der Waals surface area contributed by atoms with Crippen molar-refractivity contribution >= 4 is 22.2 Å². The molecule has 1 N–H and O–H groups in total. The molecule has 27 heavy (non-hydrogen) atoms. The van der Waals surface area contributed by atoms with E-state index >= 15 is 0 Å². The van der Waals surface area contributed by atoms with E-state index in [1.54, 1.807) is 24.8 Å². The van der Waals surface area contributed by atoms with Gasteiger partial charge in [-0.2, -0.15) is 0 Å². The Morgan fingerprint density at radius 3 is 2.70 bits per heavy atom. The molecule has 6 nitrogen and oxygen atoms in total. The van der Waals surface area contributed by atoms with Crippen molar-refractivity contribution in [3.8, 4) is 22.8 Å². The van der Waals surface area contributed by atoms with E-state index in [0.29, 0.717) is 0 Å². The molecule has 7 heteroatoms. The number of nitrogens with zero attached hydrogens (tertiary/aromatic N) is 4. The molecule has 0 saturated carbocycles. The first-order chi connectivity index (χ1) is 13.1. The maximum Gasteiger partial charge on any atom is 0.187 e. The monoisotopic (exact) mass is 377 g/mol. The van der Waals surface area contributed by atoms with Crippen LogP contribution in [0, 0.1) is 13.8 Å². The number of nitrogens with one attached hydrogen (secondary N) is 1. The fraction of sp³-hybridized carbons (Fsp3) is 0.150. The smallest absolute Gasteiger partial charge is 0.187 e. The molecule has 0 radical (unpaired) electrons. The molecule has 0 aliphatic heterocycles. The van der Waals surface area contributed by atoms with E-state index in [2.05, 4.69) is 27.2 Å². The highest BCUT2D eigenvalue weighted by Crippen LogP contribution is 2.30. The number of thiazole rings is 1. The van der Waals surface area contributed by atoms with Crippen molar-refractivity contribution in [2.75, 3.05) is 12.4 Å². The Labute approximate surface area is 161 Å². The van der Waals surface area contributed by atoms with Crippen LogP contribution < -0.4 is 10.1 Å². The number of anilines is 2. The van der Waals surface area contributed by atoms with Crippen LogP contribution >= 0.6 is 11.3 Å². The van der Waals surface area contributed by atoms with E-state index in [9.17, 15) is 0 Å². The Morgan fingerprint density at radius 1 is 1.11 bits per heavy atom. The largest absolute Gasteiger partial charge is 0.497 e. The number of imidazole rings is 1. The minimum absolute atomic E-state index is 0.814. The Hall–Kier alpha value is -3.19. The van der Waals surface area contributed by atoms with Gasteiger partial charge in [-0.25, -0.2) is 15.0 Å². The Bertz CT molecular complexity index is 1070. The summed E-state index contributed by atoms with van der Waals surface area (Å²) < 4.78 is 7.20. The molecular weight excluding hydrogens is 358 g/mol. The normalized spacial score (nSPS) is 10.8. The highest BCUT2D eigenvalue weighted by molar-refractivity contribution is 7.14. The van der Waals surface area contributed by atoms with E-state index < -0.39 is 0 Å². The van der Waals surface area contributed by atoms with Crippen molar-refractivity contribution in [1.82, 2.24) is 19.5 Å². The molecule has 136 valence electrons. The van der Waals surface area contributed by atoms with Crippen molar-refractivity contribution in [3.05, 3.63) is 65.7 Å². The number of hydrogen-bond donors (Lipinski definition) is 1. The van der Waals surface area contributed by atoms with Crippen LogP contribution in [0.4, 0.5) is 10.8 Å². The first-order valence-corrected chi connectivity index (χ1v) is 9.35. The maximum absolute atomic E-state index is 5.30. The van der Waals surface area contributed by atoms with Gasteiger partial charge in [0, 0.05) is 35.1 Å². The van der Waals surface area contributed by atoms with Crippen molar-refractivity contribution < 1.29 is 4.74 Å². The van der Waals surface area contributed by atoms with E-state index in [-0.39, 0.29) is 0 Å². The third-order valence-electron chi connectivity index (χ3n) is 4.21. The third kappa shape index (κ3) is 3.68. The van der Waals surface area contributed by atoms with Gasteiger partial charge in [0.05, 0.1) is 18.5 Å². The molecule has 0 fully saturated rings. The first kappa shape index (κ1) is 17.2. The zero-order chi connectivity index (χ0) is 18.8. The number of pyridine rings is 1. The zero-order valence-corrected chi connectivity index (χ0v) is 16.1. The number of methoxy groups -OCH3 is 1. The predicted molar refractivity (Wildman–Crippen MR) is 108 cm³/mol. The predicted octanol–water partition coefficient (Wildman–Crippen LogP) is 4.76. The van der Waals surface area contributed by atoms with Gasteiger partial charge in [-0.05, 0) is 37.6 Å². The maximum atomic E-state index is 5.30. The van der Waals surface area contributed by atoms with Gasteiger partial charge in [0.15, 0.2) is 5.13 Å². The van der Waals surface area contributed by atoms with Crippen LogP contribution in [0.1, 0.15) is 11.3 Å². The van der Waals surface area contributed by atoms with Gasteiger partial charge >= 0.3 is 0 Å². The lowest BCUT2D eigenvalue weighted by atomic mass is 10.2. The topological polar surface area (TPSA) is 64.9 Å². The molecule has 0 unspecified atom stereocenters. The summed E-state index contributed by atoms with van der Waals surface area (Å²) in [6.45, 7) is 4.01. The van der Waals surface area contributed by atoms with Gasteiger partial charge in [0.1, 0.15) is 17.9 Å². The summed E-state index contributed by atoms with van der Waals surface area (Å²) in [7, 11) is 1.66. The molecule has 0 atom stereocenters. The Balaban J connectivity index is 1.54. The molecule has 0 aliphatic rings. The summed E-state index contributed by atoms with van der Waals surface area (Å²) in [5, 5.41) is 6.22. The highest BCUT2D eigenvalue weighted by Gasteiger charge is 2.08. The number of ether oxygens (including phenoxy) is 1. The number of aryl methyl sites for hydroxylation is 2. The van der Waals surface area contributed by atoms with Gasteiger partial charge in [-0.1, -0.05) is 6.07 Å². The second kappa shape index (κ2) is 7.20. The molecule has 4 aromatic rings. The van der Waals surface area contributed by atoms with E-state index in [1.807, 2.05) is 59.6 Å². The van der Waals surface area contributed by atoms with Crippen LogP contribution in [0.15, 0.2) is 54.4 Å². The van der Waals surface area contributed by atoms with Gasteiger partial charge in [0.2, 0.25) is 0 Å². The number of hydrogen-bond acceptors (Lipinski definition) is 6. The van der Waals surface area contributed by atoms with Crippen LogP contribution in [-0.4, -0.2) is 26.6 Å². The quantitative estimate of drug-likeness (QED) is 0.543. The summed E-state index contributed by atoms with van der Waals surface area (Å²) in [5.74, 6) is 1.65. The molecular formula is C20H19N5OS. The standard InChI is InChI=1S/C20H19N5OS/c1-13-4-6-16(26-3)8-17(13)23-20-24-18(11-27-20)15-5-7-19(21-9-15)25-10-14(2)22-12-25/h4-12H,1-3H3,(H,23,24). The van der Waals surface area contributed by atoms with Crippen molar-refractivity contribution in [2.45, 2.75) is 13.8 Å². The van der Waals surface area contributed by atoms with Crippen LogP contribution in [0.2, 0.25) is 0 Å². The van der Waals surface area contributed by atoms with Gasteiger partial charge in [-0.15, -0.1) is 11.3 Å².